The quantitative estimate of drug-likeness (QED) is 0.865. The lowest BCUT2D eigenvalue weighted by Gasteiger charge is -2.15. The topological polar surface area (TPSA) is 49.4 Å². The van der Waals surface area contributed by atoms with E-state index >= 15 is 0 Å². The fourth-order valence-electron chi connectivity index (χ4n) is 2.04. The van der Waals surface area contributed by atoms with Crippen molar-refractivity contribution in [3.63, 3.8) is 0 Å². The molecular weight excluding hydrogens is 371 g/mol. The Morgan fingerprint density at radius 1 is 1.09 bits per heavy atom. The van der Waals surface area contributed by atoms with E-state index in [0.717, 1.165) is 26.8 Å². The number of nitrogens with zero attached hydrogens (tertiary/aromatic N) is 1. The molecule has 0 spiro atoms. The van der Waals surface area contributed by atoms with Gasteiger partial charge in [-0.05, 0) is 64.1 Å². The van der Waals surface area contributed by atoms with Gasteiger partial charge < -0.3 is 5.32 Å². The Labute approximate surface area is 138 Å². The van der Waals surface area contributed by atoms with Gasteiger partial charge in [0.05, 0.1) is 5.69 Å². The van der Waals surface area contributed by atoms with E-state index in [2.05, 4.69) is 21.2 Å². The van der Waals surface area contributed by atoms with Crippen LogP contribution in [0.1, 0.15) is 0 Å². The number of rotatable bonds is 3. The smallest absolute Gasteiger partial charge is 0.295 e. The van der Waals surface area contributed by atoms with Crippen LogP contribution in [0.4, 0.5) is 20.6 Å². The Kier molecular flexibility index (Phi) is 4.17. The fourth-order valence-corrected chi connectivity index (χ4v) is 3.34. The Morgan fingerprint density at radius 2 is 1.77 bits per heavy atom. The number of hydrogen-bond acceptors (Lipinski definition) is 4. The second kappa shape index (κ2) is 6.10. The molecule has 1 fully saturated rings. The normalized spacial score (nSPS) is 17.9. The lowest BCUT2D eigenvalue weighted by molar-refractivity contribution is -0.116. The van der Waals surface area contributed by atoms with Crippen LogP contribution in [0.2, 0.25) is 0 Å². The minimum Gasteiger partial charge on any atom is -0.364 e. The Morgan fingerprint density at radius 3 is 2.45 bits per heavy atom. The van der Waals surface area contributed by atoms with E-state index in [4.69, 9.17) is 0 Å². The lowest BCUT2D eigenvalue weighted by Crippen LogP contribution is -2.34. The number of halogens is 2. The molecule has 0 aliphatic carbocycles. The molecule has 112 valence electrons. The number of anilines is 2. The van der Waals surface area contributed by atoms with E-state index in [1.165, 1.54) is 24.3 Å². The van der Waals surface area contributed by atoms with Crippen molar-refractivity contribution >= 4 is 50.2 Å². The van der Waals surface area contributed by atoms with Crippen molar-refractivity contribution in [2.24, 2.45) is 0 Å². The summed E-state index contributed by atoms with van der Waals surface area (Å²) in [6, 6.07) is 12.6. The molecular formula is C15H10BrFN2O2S. The van der Waals surface area contributed by atoms with Gasteiger partial charge in [-0.25, -0.2) is 9.29 Å². The monoisotopic (exact) mass is 380 g/mol. The molecule has 1 atom stereocenters. The highest BCUT2D eigenvalue weighted by molar-refractivity contribution is 9.10. The lowest BCUT2D eigenvalue weighted by atomic mass is 10.3. The zero-order valence-electron chi connectivity index (χ0n) is 11.1. The summed E-state index contributed by atoms with van der Waals surface area (Å²) in [7, 11) is 0. The number of carbonyl (C=O) groups excluding carboxylic acids is 2. The standard InChI is InChI=1S/C15H10BrFN2O2S/c16-11-3-1-2-4-12(11)18-13-14(20)19(15(21)22-13)10-7-5-9(17)6-8-10/h1-8,13,18H. The zero-order chi connectivity index (χ0) is 15.7. The van der Waals surface area contributed by atoms with Crippen molar-refractivity contribution in [3.05, 3.63) is 58.8 Å². The number of imide groups is 1. The molecule has 1 heterocycles. The van der Waals surface area contributed by atoms with E-state index < -0.39 is 11.2 Å². The average molecular weight is 381 g/mol. The molecule has 0 radical (unpaired) electrons. The largest absolute Gasteiger partial charge is 0.364 e. The summed E-state index contributed by atoms with van der Waals surface area (Å²) in [4.78, 5) is 25.6. The first-order valence-electron chi connectivity index (χ1n) is 6.37. The van der Waals surface area contributed by atoms with Crippen LogP contribution in [0.25, 0.3) is 0 Å². The first-order chi connectivity index (χ1) is 10.6. The molecule has 0 bridgehead atoms. The van der Waals surface area contributed by atoms with Crippen molar-refractivity contribution < 1.29 is 14.0 Å². The van der Waals surface area contributed by atoms with Crippen LogP contribution in [0.3, 0.4) is 0 Å². The second-order valence-corrected chi connectivity index (χ2v) is 6.45. The van der Waals surface area contributed by atoms with Crippen molar-refractivity contribution in [1.29, 1.82) is 0 Å². The molecule has 1 unspecified atom stereocenters. The molecule has 3 rings (SSSR count). The maximum atomic E-state index is 13.0. The van der Waals surface area contributed by atoms with E-state index in [1.807, 2.05) is 24.3 Å². The maximum absolute atomic E-state index is 13.0. The number of nitrogens with one attached hydrogen (secondary N) is 1. The molecule has 1 aliphatic heterocycles. The highest BCUT2D eigenvalue weighted by atomic mass is 79.9. The zero-order valence-corrected chi connectivity index (χ0v) is 13.5. The van der Waals surface area contributed by atoms with Gasteiger partial charge in [0.25, 0.3) is 11.1 Å². The van der Waals surface area contributed by atoms with Gasteiger partial charge >= 0.3 is 0 Å². The number of para-hydroxylation sites is 1. The van der Waals surface area contributed by atoms with Crippen molar-refractivity contribution in [2.75, 3.05) is 10.2 Å². The highest BCUT2D eigenvalue weighted by Gasteiger charge is 2.40. The van der Waals surface area contributed by atoms with Crippen LogP contribution < -0.4 is 10.2 Å². The number of carbonyl (C=O) groups is 2. The van der Waals surface area contributed by atoms with Crippen molar-refractivity contribution in [2.45, 2.75) is 5.37 Å². The molecule has 1 N–H and O–H groups in total. The summed E-state index contributed by atoms with van der Waals surface area (Å²) in [5.74, 6) is -0.796. The molecule has 2 amide bonds. The van der Waals surface area contributed by atoms with Gasteiger partial charge in [-0.15, -0.1) is 0 Å². The van der Waals surface area contributed by atoms with Gasteiger partial charge in [0.15, 0.2) is 5.37 Å². The minimum atomic E-state index is -0.712. The predicted octanol–water partition coefficient (Wildman–Crippen LogP) is 4.23. The summed E-state index contributed by atoms with van der Waals surface area (Å²) in [6.45, 7) is 0. The van der Waals surface area contributed by atoms with Crippen molar-refractivity contribution in [3.8, 4) is 0 Å². The molecule has 0 saturated carbocycles. The molecule has 0 aromatic heterocycles. The van der Waals surface area contributed by atoms with Gasteiger partial charge in [-0.3, -0.25) is 9.59 Å². The number of benzene rings is 2. The summed E-state index contributed by atoms with van der Waals surface area (Å²) in [5, 5.41) is 1.93. The van der Waals surface area contributed by atoms with Gasteiger partial charge in [-0.1, -0.05) is 12.1 Å². The van der Waals surface area contributed by atoms with Crippen molar-refractivity contribution in [1.82, 2.24) is 0 Å². The molecule has 1 aliphatic rings. The molecule has 22 heavy (non-hydrogen) atoms. The maximum Gasteiger partial charge on any atom is 0.295 e. The highest BCUT2D eigenvalue weighted by Crippen LogP contribution is 2.33. The molecule has 2 aromatic rings. The summed E-state index contributed by atoms with van der Waals surface area (Å²) in [6.07, 6.45) is 0. The van der Waals surface area contributed by atoms with Crippen LogP contribution >= 0.6 is 27.7 Å². The third-order valence-electron chi connectivity index (χ3n) is 3.09. The van der Waals surface area contributed by atoms with E-state index in [1.54, 1.807) is 0 Å². The van der Waals surface area contributed by atoms with Gasteiger partial charge in [0.1, 0.15) is 5.82 Å². The summed E-state index contributed by atoms with van der Waals surface area (Å²) in [5.41, 5.74) is 1.09. The molecule has 4 nitrogen and oxygen atoms in total. The number of amides is 2. The van der Waals surface area contributed by atoms with Crippen LogP contribution in [0, 0.1) is 5.82 Å². The predicted molar refractivity (Wildman–Crippen MR) is 88.4 cm³/mol. The Hall–Kier alpha value is -1.86. The summed E-state index contributed by atoms with van der Waals surface area (Å²) >= 11 is 4.28. The van der Waals surface area contributed by atoms with Crippen LogP contribution in [0.5, 0.6) is 0 Å². The molecule has 2 aromatic carbocycles. The third-order valence-corrected chi connectivity index (χ3v) is 4.72. The number of hydrogen-bond donors (Lipinski definition) is 1. The van der Waals surface area contributed by atoms with E-state index in [-0.39, 0.29) is 11.1 Å². The van der Waals surface area contributed by atoms with E-state index in [0.29, 0.717) is 5.69 Å². The van der Waals surface area contributed by atoms with Gasteiger partial charge in [-0.2, -0.15) is 0 Å². The SMILES string of the molecule is O=C1SC(Nc2ccccc2Br)C(=O)N1c1ccc(F)cc1. The van der Waals surface area contributed by atoms with Crippen LogP contribution in [-0.2, 0) is 4.79 Å². The Bertz CT molecular complexity index is 739. The number of thioether (sulfide) groups is 1. The molecule has 1 saturated heterocycles. The van der Waals surface area contributed by atoms with E-state index in [9.17, 15) is 14.0 Å². The van der Waals surface area contributed by atoms with Gasteiger partial charge in [0, 0.05) is 10.2 Å². The molecule has 7 heteroatoms. The third kappa shape index (κ3) is 2.86. The first kappa shape index (κ1) is 15.1. The Balaban J connectivity index is 1.82. The van der Waals surface area contributed by atoms with Crippen LogP contribution in [-0.4, -0.2) is 16.5 Å². The average Bonchev–Trinajstić information content (AvgIpc) is 2.77. The minimum absolute atomic E-state index is 0.361. The van der Waals surface area contributed by atoms with Crippen LogP contribution in [0.15, 0.2) is 53.0 Å². The van der Waals surface area contributed by atoms with Gasteiger partial charge in [0.2, 0.25) is 0 Å². The first-order valence-corrected chi connectivity index (χ1v) is 8.05. The summed E-state index contributed by atoms with van der Waals surface area (Å²) < 4.78 is 13.8. The second-order valence-electron chi connectivity index (χ2n) is 4.54. The fraction of sp³-hybridized carbons (Fsp3) is 0.0667.